The van der Waals surface area contributed by atoms with Crippen molar-refractivity contribution >= 4 is 0 Å². The van der Waals surface area contributed by atoms with Crippen molar-refractivity contribution in [2.75, 3.05) is 0 Å². The van der Waals surface area contributed by atoms with Crippen molar-refractivity contribution in [3.8, 4) is 0 Å². The Hall–Kier alpha value is 1.64. The van der Waals surface area contributed by atoms with Crippen molar-refractivity contribution in [3.63, 3.8) is 0 Å². The van der Waals surface area contributed by atoms with Crippen LogP contribution < -0.4 is 51.4 Å². The zero-order chi connectivity index (χ0) is 5.11. The molecule has 0 aromatic heterocycles. The molecule has 1 saturated carbocycles. The van der Waals surface area contributed by atoms with Gasteiger partial charge in [-0.3, -0.25) is 0 Å². The van der Waals surface area contributed by atoms with Crippen LogP contribution in [0.1, 0.15) is 32.6 Å². The fourth-order valence-electron chi connectivity index (χ4n) is 1.13. The molecule has 1 rings (SSSR count). The molecule has 0 saturated heterocycles. The van der Waals surface area contributed by atoms with E-state index in [1.807, 2.05) is 0 Å². The molecule has 1 aliphatic rings. The molecule has 42 valence electrons. The summed E-state index contributed by atoms with van der Waals surface area (Å²) in [6.45, 7) is 2.30. The minimum Gasteiger partial charge on any atom is -0.326 e. The molecule has 0 bridgehead atoms. The predicted molar refractivity (Wildman–Crippen MR) is 31.9 cm³/mol. The molecule has 1 fully saturated rings. The van der Waals surface area contributed by atoms with E-state index < -0.39 is 0 Å². The van der Waals surface area contributed by atoms with Crippen LogP contribution in [0.4, 0.5) is 0 Å². The van der Waals surface area contributed by atoms with E-state index in [9.17, 15) is 0 Å². The Morgan fingerprint density at radius 1 is 1.38 bits per heavy atom. The van der Waals surface area contributed by atoms with Crippen LogP contribution >= 0.6 is 0 Å². The second-order valence-electron chi connectivity index (χ2n) is 2.50. The van der Waals surface area contributed by atoms with E-state index in [2.05, 4.69) is 13.3 Å². The van der Waals surface area contributed by atoms with Gasteiger partial charge in [0.25, 0.3) is 0 Å². The van der Waals surface area contributed by atoms with Gasteiger partial charge in [0.05, 0.1) is 0 Å². The van der Waals surface area contributed by atoms with Gasteiger partial charge in [0.1, 0.15) is 0 Å². The normalized spacial score (nSPS) is 28.9. The third-order valence-corrected chi connectivity index (χ3v) is 1.68. The standard InChI is InChI=1S/C7H13.K/c1-7-5-3-2-4-6-7;/h5,7H,2-4,6H2,1H3;/q-1;+1. The maximum atomic E-state index is 2.43. The van der Waals surface area contributed by atoms with Crippen molar-refractivity contribution in [1.29, 1.82) is 0 Å². The zero-order valence-electron chi connectivity index (χ0n) is 5.98. The molecule has 1 heteroatoms. The first-order valence-electron chi connectivity index (χ1n) is 3.23. The van der Waals surface area contributed by atoms with Gasteiger partial charge in [-0.2, -0.15) is 12.3 Å². The molecule has 0 N–H and O–H groups in total. The summed E-state index contributed by atoms with van der Waals surface area (Å²) >= 11 is 0. The third kappa shape index (κ3) is 3.62. The first kappa shape index (κ1) is 9.64. The SMILES string of the molecule is CC1[CH-]CCCC1.[K+]. The van der Waals surface area contributed by atoms with Gasteiger partial charge in [-0.15, -0.1) is 0 Å². The quantitative estimate of drug-likeness (QED) is 0.308. The summed E-state index contributed by atoms with van der Waals surface area (Å²) in [6.07, 6.45) is 8.12. The Bertz CT molecular complexity index is 46.3. The van der Waals surface area contributed by atoms with Gasteiger partial charge in [-0.1, -0.05) is 26.2 Å². The average molecular weight is 136 g/mol. The molecular formula is C7H13K. The van der Waals surface area contributed by atoms with E-state index in [1.54, 1.807) is 0 Å². The number of hydrogen-bond donors (Lipinski definition) is 0. The van der Waals surface area contributed by atoms with E-state index in [0.29, 0.717) is 0 Å². The molecule has 1 atom stereocenters. The van der Waals surface area contributed by atoms with Crippen molar-refractivity contribution < 1.29 is 51.4 Å². The Balaban J connectivity index is 0.000000490. The monoisotopic (exact) mass is 136 g/mol. The fourth-order valence-corrected chi connectivity index (χ4v) is 1.13. The van der Waals surface area contributed by atoms with Crippen molar-refractivity contribution in [2.24, 2.45) is 5.92 Å². The van der Waals surface area contributed by atoms with Crippen LogP contribution in [0.25, 0.3) is 0 Å². The van der Waals surface area contributed by atoms with Crippen LogP contribution in [0.2, 0.25) is 0 Å². The van der Waals surface area contributed by atoms with Crippen LogP contribution in [-0.2, 0) is 0 Å². The van der Waals surface area contributed by atoms with E-state index in [4.69, 9.17) is 0 Å². The van der Waals surface area contributed by atoms with Gasteiger partial charge in [-0.25, -0.2) is 0 Å². The van der Waals surface area contributed by atoms with Gasteiger partial charge >= 0.3 is 51.4 Å². The van der Waals surface area contributed by atoms with Gasteiger partial charge in [0, 0.05) is 0 Å². The summed E-state index contributed by atoms with van der Waals surface area (Å²) in [5, 5.41) is 0. The minimum absolute atomic E-state index is 0. The van der Waals surface area contributed by atoms with Crippen LogP contribution in [0.15, 0.2) is 0 Å². The predicted octanol–water partition coefficient (Wildman–Crippen LogP) is -0.595. The summed E-state index contributed by atoms with van der Waals surface area (Å²) in [5.74, 6) is 0.911. The first-order chi connectivity index (χ1) is 3.39. The summed E-state index contributed by atoms with van der Waals surface area (Å²) in [6, 6.07) is 0. The van der Waals surface area contributed by atoms with Gasteiger partial charge in [0.15, 0.2) is 0 Å². The molecule has 0 amide bonds. The number of rotatable bonds is 0. The molecule has 1 aliphatic carbocycles. The maximum Gasteiger partial charge on any atom is 1.00 e. The summed E-state index contributed by atoms with van der Waals surface area (Å²) < 4.78 is 0. The van der Waals surface area contributed by atoms with Crippen molar-refractivity contribution in [3.05, 3.63) is 6.42 Å². The maximum absolute atomic E-state index is 2.43. The van der Waals surface area contributed by atoms with Crippen molar-refractivity contribution in [2.45, 2.75) is 32.6 Å². The first-order valence-corrected chi connectivity index (χ1v) is 3.23. The summed E-state index contributed by atoms with van der Waals surface area (Å²) in [5.41, 5.74) is 0. The topological polar surface area (TPSA) is 0 Å². The minimum atomic E-state index is 0. The van der Waals surface area contributed by atoms with Crippen LogP contribution in [0.3, 0.4) is 0 Å². The van der Waals surface area contributed by atoms with E-state index in [1.165, 1.54) is 25.7 Å². The fraction of sp³-hybridized carbons (Fsp3) is 0.857. The van der Waals surface area contributed by atoms with E-state index in [0.717, 1.165) is 5.92 Å². The molecular weight excluding hydrogens is 123 g/mol. The van der Waals surface area contributed by atoms with Crippen LogP contribution in [0, 0.1) is 12.3 Å². The second-order valence-corrected chi connectivity index (χ2v) is 2.50. The molecule has 0 aromatic rings. The molecule has 0 aliphatic heterocycles. The van der Waals surface area contributed by atoms with Crippen LogP contribution in [0.5, 0.6) is 0 Å². The Morgan fingerprint density at radius 3 is 2.38 bits per heavy atom. The Labute approximate surface area is 94.8 Å². The summed E-state index contributed by atoms with van der Waals surface area (Å²) in [7, 11) is 0. The van der Waals surface area contributed by atoms with Gasteiger partial charge in [0.2, 0.25) is 0 Å². The molecule has 1 unspecified atom stereocenters. The molecule has 0 aromatic carbocycles. The molecule has 0 heterocycles. The molecule has 8 heavy (non-hydrogen) atoms. The average Bonchev–Trinajstić information content (AvgIpc) is 1.69. The molecule has 0 nitrogen and oxygen atoms in total. The van der Waals surface area contributed by atoms with E-state index >= 15 is 0 Å². The smallest absolute Gasteiger partial charge is 0.326 e. The zero-order valence-corrected chi connectivity index (χ0v) is 9.11. The number of hydrogen-bond acceptors (Lipinski definition) is 0. The van der Waals surface area contributed by atoms with Crippen molar-refractivity contribution in [1.82, 2.24) is 0 Å². The Morgan fingerprint density at radius 2 is 2.12 bits per heavy atom. The summed E-state index contributed by atoms with van der Waals surface area (Å²) in [4.78, 5) is 0. The van der Waals surface area contributed by atoms with Crippen LogP contribution in [-0.4, -0.2) is 0 Å². The van der Waals surface area contributed by atoms with E-state index in [-0.39, 0.29) is 51.4 Å². The van der Waals surface area contributed by atoms with Gasteiger partial charge in [-0.05, 0) is 0 Å². The molecule has 0 spiro atoms. The Kier molecular flexibility index (Phi) is 6.53. The third-order valence-electron chi connectivity index (χ3n) is 1.68. The molecule has 0 radical (unpaired) electrons. The van der Waals surface area contributed by atoms with Gasteiger partial charge < -0.3 is 6.42 Å². The largest absolute Gasteiger partial charge is 1.00 e. The second kappa shape index (κ2) is 5.42.